The minimum Gasteiger partial charge on any atom is -0.434 e. The van der Waals surface area contributed by atoms with Crippen LogP contribution in [0.2, 0.25) is 0 Å². The van der Waals surface area contributed by atoms with Crippen LogP contribution in [0.15, 0.2) is 0 Å². The lowest BCUT2D eigenvalue weighted by atomic mass is 9.95. The van der Waals surface area contributed by atoms with Crippen LogP contribution in [0.5, 0.6) is 0 Å². The highest BCUT2D eigenvalue weighted by Gasteiger charge is 2.28. The molecule has 2 atom stereocenters. The lowest BCUT2D eigenvalue weighted by molar-refractivity contribution is -0.0350. The maximum absolute atomic E-state index is 12.0. The van der Waals surface area contributed by atoms with Crippen LogP contribution < -0.4 is 0 Å². The third kappa shape index (κ3) is 21.2. The van der Waals surface area contributed by atoms with Crippen molar-refractivity contribution in [3.05, 3.63) is 0 Å². The van der Waals surface area contributed by atoms with Gasteiger partial charge in [0.15, 0.2) is 0 Å². The van der Waals surface area contributed by atoms with Gasteiger partial charge in [0, 0.05) is 6.42 Å². The summed E-state index contributed by atoms with van der Waals surface area (Å²) in [7, 11) is 0. The van der Waals surface area contributed by atoms with Gasteiger partial charge in [-0.25, -0.2) is 9.59 Å². The summed E-state index contributed by atoms with van der Waals surface area (Å²) >= 11 is 0. The standard InChI is InChI=1S/C31H58O6/c1-26(2)19-14-10-7-5-6-8-12-16-23-34-30(32)36-28-21-18-22-29(25-28)37-31(33)35-24-17-13-9-11-15-20-27(3)4/h26-29H,5-25H2,1-4H3. The fraction of sp³-hybridized carbons (Fsp3) is 0.935. The molecule has 6 nitrogen and oxygen atoms in total. The highest BCUT2D eigenvalue weighted by molar-refractivity contribution is 5.60. The van der Waals surface area contributed by atoms with Gasteiger partial charge in [-0.05, 0) is 43.9 Å². The van der Waals surface area contributed by atoms with E-state index in [0.717, 1.165) is 56.8 Å². The number of unbranched alkanes of at least 4 members (excludes halogenated alkanes) is 11. The molecule has 1 rings (SSSR count). The SMILES string of the molecule is CC(C)CCCCCCCCCCOC(=O)OC1CCCC(OC(=O)OCCCCCCCC(C)C)C1. The van der Waals surface area contributed by atoms with Gasteiger partial charge < -0.3 is 18.9 Å². The summed E-state index contributed by atoms with van der Waals surface area (Å²) in [4.78, 5) is 24.1. The van der Waals surface area contributed by atoms with Crippen molar-refractivity contribution in [3.63, 3.8) is 0 Å². The minimum absolute atomic E-state index is 0.263. The van der Waals surface area contributed by atoms with Crippen LogP contribution in [0.1, 0.15) is 150 Å². The molecule has 1 saturated carbocycles. The van der Waals surface area contributed by atoms with E-state index in [2.05, 4.69) is 27.7 Å². The molecule has 1 aliphatic carbocycles. The zero-order valence-electron chi connectivity index (χ0n) is 24.6. The van der Waals surface area contributed by atoms with Gasteiger partial charge in [-0.2, -0.15) is 0 Å². The Morgan fingerprint density at radius 3 is 1.30 bits per heavy atom. The molecule has 0 bridgehead atoms. The van der Waals surface area contributed by atoms with Crippen LogP contribution in [-0.2, 0) is 18.9 Å². The van der Waals surface area contributed by atoms with Crippen LogP contribution >= 0.6 is 0 Å². The molecule has 0 N–H and O–H groups in total. The number of ether oxygens (including phenoxy) is 4. The summed E-state index contributed by atoms with van der Waals surface area (Å²) in [5.74, 6) is 1.59. The molecule has 37 heavy (non-hydrogen) atoms. The Morgan fingerprint density at radius 2 is 0.919 bits per heavy atom. The van der Waals surface area contributed by atoms with Gasteiger partial charge in [0.25, 0.3) is 0 Å². The van der Waals surface area contributed by atoms with Gasteiger partial charge in [-0.3, -0.25) is 0 Å². The molecular weight excluding hydrogens is 468 g/mol. The number of rotatable bonds is 21. The molecule has 6 heteroatoms. The molecule has 0 radical (unpaired) electrons. The van der Waals surface area contributed by atoms with Crippen LogP contribution in [-0.4, -0.2) is 37.7 Å². The Morgan fingerprint density at radius 1 is 0.568 bits per heavy atom. The van der Waals surface area contributed by atoms with Crippen LogP contribution in [0, 0.1) is 11.8 Å². The van der Waals surface area contributed by atoms with Crippen LogP contribution in [0.3, 0.4) is 0 Å². The van der Waals surface area contributed by atoms with Crippen molar-refractivity contribution in [3.8, 4) is 0 Å². The van der Waals surface area contributed by atoms with Gasteiger partial charge in [0.2, 0.25) is 0 Å². The molecule has 0 saturated heterocycles. The van der Waals surface area contributed by atoms with Crippen molar-refractivity contribution >= 4 is 12.3 Å². The van der Waals surface area contributed by atoms with Crippen molar-refractivity contribution in [2.75, 3.05) is 13.2 Å². The summed E-state index contributed by atoms with van der Waals surface area (Å²) in [6.07, 6.45) is 19.2. The van der Waals surface area contributed by atoms with Crippen molar-refractivity contribution in [2.24, 2.45) is 11.8 Å². The van der Waals surface area contributed by atoms with E-state index in [0.29, 0.717) is 19.6 Å². The van der Waals surface area contributed by atoms with E-state index in [1.807, 2.05) is 0 Å². The normalized spacial score (nSPS) is 17.7. The number of carbonyl (C=O) groups excluding carboxylic acids is 2. The summed E-state index contributed by atoms with van der Waals surface area (Å²) in [5.41, 5.74) is 0. The molecule has 1 fully saturated rings. The third-order valence-corrected chi connectivity index (χ3v) is 7.15. The van der Waals surface area contributed by atoms with Crippen LogP contribution in [0.25, 0.3) is 0 Å². The van der Waals surface area contributed by atoms with Gasteiger partial charge in [-0.1, -0.05) is 111 Å². The smallest absolute Gasteiger partial charge is 0.434 e. The second-order valence-electron chi connectivity index (χ2n) is 11.8. The van der Waals surface area contributed by atoms with E-state index in [1.165, 1.54) is 70.6 Å². The second-order valence-corrected chi connectivity index (χ2v) is 11.8. The van der Waals surface area contributed by atoms with Crippen molar-refractivity contribution < 1.29 is 28.5 Å². The average molecular weight is 527 g/mol. The Kier molecular flexibility index (Phi) is 20.4. The first kappa shape index (κ1) is 33.6. The maximum Gasteiger partial charge on any atom is 0.508 e. The fourth-order valence-electron chi connectivity index (χ4n) is 4.87. The first-order valence-corrected chi connectivity index (χ1v) is 15.5. The van der Waals surface area contributed by atoms with E-state index in [1.54, 1.807) is 0 Å². The Bertz CT molecular complexity index is 562. The predicted molar refractivity (Wildman–Crippen MR) is 150 cm³/mol. The summed E-state index contributed by atoms with van der Waals surface area (Å²) in [5, 5.41) is 0. The Labute approximate surface area is 227 Å². The molecular formula is C31H58O6. The van der Waals surface area contributed by atoms with Gasteiger partial charge in [0.1, 0.15) is 12.2 Å². The summed E-state index contributed by atoms with van der Waals surface area (Å²) < 4.78 is 21.4. The Balaban J connectivity index is 1.99. The van der Waals surface area contributed by atoms with Crippen molar-refractivity contribution in [1.82, 2.24) is 0 Å². The molecule has 2 unspecified atom stereocenters. The van der Waals surface area contributed by atoms with E-state index < -0.39 is 12.3 Å². The van der Waals surface area contributed by atoms with E-state index in [-0.39, 0.29) is 12.2 Å². The largest absolute Gasteiger partial charge is 0.508 e. The zero-order valence-corrected chi connectivity index (χ0v) is 24.6. The molecule has 0 heterocycles. The predicted octanol–water partition coefficient (Wildman–Crippen LogP) is 9.77. The molecule has 218 valence electrons. The first-order chi connectivity index (χ1) is 17.9. The zero-order chi connectivity index (χ0) is 27.1. The van der Waals surface area contributed by atoms with E-state index in [9.17, 15) is 9.59 Å². The van der Waals surface area contributed by atoms with E-state index in [4.69, 9.17) is 18.9 Å². The Hall–Kier alpha value is -1.46. The number of carbonyl (C=O) groups is 2. The molecule has 0 aromatic rings. The molecule has 0 aromatic heterocycles. The lowest BCUT2D eigenvalue weighted by Gasteiger charge is -2.28. The highest BCUT2D eigenvalue weighted by atomic mass is 16.7. The van der Waals surface area contributed by atoms with Gasteiger partial charge in [-0.15, -0.1) is 0 Å². The van der Waals surface area contributed by atoms with Gasteiger partial charge >= 0.3 is 12.3 Å². The molecule has 0 amide bonds. The highest BCUT2D eigenvalue weighted by Crippen LogP contribution is 2.24. The van der Waals surface area contributed by atoms with Crippen molar-refractivity contribution in [2.45, 2.75) is 162 Å². The third-order valence-electron chi connectivity index (χ3n) is 7.15. The molecule has 0 aliphatic heterocycles. The average Bonchev–Trinajstić information content (AvgIpc) is 2.84. The lowest BCUT2D eigenvalue weighted by Crippen LogP contribution is -2.32. The molecule has 1 aliphatic rings. The molecule has 0 aromatic carbocycles. The number of hydrogen-bond donors (Lipinski definition) is 0. The topological polar surface area (TPSA) is 71.1 Å². The number of hydrogen-bond acceptors (Lipinski definition) is 6. The minimum atomic E-state index is -0.608. The van der Waals surface area contributed by atoms with Crippen LogP contribution in [0.4, 0.5) is 9.59 Å². The summed E-state index contributed by atoms with van der Waals surface area (Å²) in [6.45, 7) is 9.90. The van der Waals surface area contributed by atoms with E-state index >= 15 is 0 Å². The van der Waals surface area contributed by atoms with Crippen molar-refractivity contribution in [1.29, 1.82) is 0 Å². The summed E-state index contributed by atoms with van der Waals surface area (Å²) in [6, 6.07) is 0. The first-order valence-electron chi connectivity index (χ1n) is 15.5. The monoisotopic (exact) mass is 526 g/mol. The second kappa shape index (κ2) is 22.5. The maximum atomic E-state index is 12.0. The molecule has 0 spiro atoms. The quantitative estimate of drug-likeness (QED) is 0.109. The fourth-order valence-corrected chi connectivity index (χ4v) is 4.87. The van der Waals surface area contributed by atoms with Gasteiger partial charge in [0.05, 0.1) is 13.2 Å².